The van der Waals surface area contributed by atoms with E-state index in [9.17, 15) is 4.79 Å². The van der Waals surface area contributed by atoms with Gasteiger partial charge in [-0.1, -0.05) is 28.1 Å². The second-order valence-corrected chi connectivity index (χ2v) is 6.40. The Morgan fingerprint density at radius 1 is 1.08 bits per heavy atom. The molecule has 0 saturated carbocycles. The zero-order valence-corrected chi connectivity index (χ0v) is 15.3. The van der Waals surface area contributed by atoms with Gasteiger partial charge in [0.25, 0.3) is 0 Å². The maximum absolute atomic E-state index is 12.2. The van der Waals surface area contributed by atoms with Crippen LogP contribution in [0.4, 0.5) is 0 Å². The molecule has 5 heteroatoms. The number of aromatic nitrogens is 2. The molecule has 0 aliphatic carbocycles. The van der Waals surface area contributed by atoms with Crippen molar-refractivity contribution in [3.05, 3.63) is 64.3 Å². The highest BCUT2D eigenvalue weighted by Gasteiger charge is 2.20. The van der Waals surface area contributed by atoms with Gasteiger partial charge in [0, 0.05) is 10.0 Å². The van der Waals surface area contributed by atoms with E-state index in [4.69, 9.17) is 9.84 Å². The minimum Gasteiger partial charge on any atom is -0.497 e. The van der Waals surface area contributed by atoms with E-state index in [-0.39, 0.29) is 5.78 Å². The molecule has 24 heavy (non-hydrogen) atoms. The molecular formula is C19H17BrN2O2. The van der Waals surface area contributed by atoms with E-state index in [0.29, 0.717) is 11.3 Å². The first-order chi connectivity index (χ1) is 11.5. The molecule has 0 amide bonds. The Kier molecular flexibility index (Phi) is 4.53. The van der Waals surface area contributed by atoms with E-state index in [0.717, 1.165) is 27.2 Å². The number of rotatable bonds is 4. The fourth-order valence-electron chi connectivity index (χ4n) is 2.71. The maximum atomic E-state index is 12.2. The molecule has 0 aliphatic heterocycles. The van der Waals surface area contributed by atoms with Crippen LogP contribution in [0.25, 0.3) is 16.9 Å². The second kappa shape index (κ2) is 6.61. The lowest BCUT2D eigenvalue weighted by Crippen LogP contribution is -2.01. The number of carbonyl (C=O) groups is 1. The van der Waals surface area contributed by atoms with Crippen molar-refractivity contribution < 1.29 is 9.53 Å². The summed E-state index contributed by atoms with van der Waals surface area (Å²) in [7, 11) is 1.63. The van der Waals surface area contributed by atoms with Crippen LogP contribution >= 0.6 is 15.9 Å². The van der Waals surface area contributed by atoms with Gasteiger partial charge in [-0.15, -0.1) is 0 Å². The molecule has 1 aromatic heterocycles. The normalized spacial score (nSPS) is 10.7. The van der Waals surface area contributed by atoms with Gasteiger partial charge in [-0.2, -0.15) is 5.10 Å². The van der Waals surface area contributed by atoms with Crippen LogP contribution in [-0.2, 0) is 0 Å². The van der Waals surface area contributed by atoms with Gasteiger partial charge in [0.05, 0.1) is 24.1 Å². The Hall–Kier alpha value is -2.40. The first kappa shape index (κ1) is 16.5. The van der Waals surface area contributed by atoms with E-state index in [1.807, 2.05) is 55.5 Å². The van der Waals surface area contributed by atoms with Gasteiger partial charge in [-0.3, -0.25) is 4.79 Å². The summed E-state index contributed by atoms with van der Waals surface area (Å²) in [5.74, 6) is 0.786. The molecular weight excluding hydrogens is 368 g/mol. The van der Waals surface area contributed by atoms with Gasteiger partial charge in [-0.25, -0.2) is 4.68 Å². The van der Waals surface area contributed by atoms with Crippen LogP contribution in [0.2, 0.25) is 0 Å². The summed E-state index contributed by atoms with van der Waals surface area (Å²) in [5, 5.41) is 4.70. The summed E-state index contributed by atoms with van der Waals surface area (Å²) >= 11 is 3.43. The fourth-order valence-corrected chi connectivity index (χ4v) is 2.97. The zero-order chi connectivity index (χ0) is 17.3. The Morgan fingerprint density at radius 3 is 2.25 bits per heavy atom. The Balaban J connectivity index is 2.16. The molecule has 0 atom stereocenters. The third kappa shape index (κ3) is 2.99. The van der Waals surface area contributed by atoms with Crippen molar-refractivity contribution in [1.82, 2.24) is 9.78 Å². The van der Waals surface area contributed by atoms with E-state index < -0.39 is 0 Å². The Bertz CT molecular complexity index is 881. The van der Waals surface area contributed by atoms with Crippen molar-refractivity contribution in [2.75, 3.05) is 7.11 Å². The number of methoxy groups -OCH3 is 1. The molecule has 1 heterocycles. The first-order valence-electron chi connectivity index (χ1n) is 7.52. The van der Waals surface area contributed by atoms with Crippen LogP contribution in [0, 0.1) is 6.92 Å². The lowest BCUT2D eigenvalue weighted by Gasteiger charge is -2.06. The van der Waals surface area contributed by atoms with Crippen molar-refractivity contribution in [2.24, 2.45) is 0 Å². The lowest BCUT2D eigenvalue weighted by atomic mass is 10.0. The van der Waals surface area contributed by atoms with Crippen LogP contribution in [-0.4, -0.2) is 22.7 Å². The molecule has 0 spiro atoms. The number of ketones is 1. The highest BCUT2D eigenvalue weighted by molar-refractivity contribution is 9.10. The maximum Gasteiger partial charge on any atom is 0.163 e. The third-order valence-electron chi connectivity index (χ3n) is 3.90. The average molecular weight is 385 g/mol. The van der Waals surface area contributed by atoms with Gasteiger partial charge in [0.15, 0.2) is 5.78 Å². The van der Waals surface area contributed by atoms with Crippen LogP contribution in [0.15, 0.2) is 53.0 Å². The second-order valence-electron chi connectivity index (χ2n) is 5.48. The molecule has 2 aromatic carbocycles. The Labute approximate surface area is 149 Å². The number of ether oxygens (including phenoxy) is 1. The van der Waals surface area contributed by atoms with E-state index in [2.05, 4.69) is 15.9 Å². The molecule has 0 N–H and O–H groups in total. The van der Waals surface area contributed by atoms with Crippen LogP contribution in [0.1, 0.15) is 23.0 Å². The predicted molar refractivity (Wildman–Crippen MR) is 98.0 cm³/mol. The fraction of sp³-hybridized carbons (Fsp3) is 0.158. The van der Waals surface area contributed by atoms with E-state index in [1.54, 1.807) is 18.7 Å². The first-order valence-corrected chi connectivity index (χ1v) is 8.31. The van der Waals surface area contributed by atoms with E-state index >= 15 is 0 Å². The van der Waals surface area contributed by atoms with Crippen LogP contribution in [0.3, 0.4) is 0 Å². The third-order valence-corrected chi connectivity index (χ3v) is 4.43. The van der Waals surface area contributed by atoms with Crippen molar-refractivity contribution in [1.29, 1.82) is 0 Å². The largest absolute Gasteiger partial charge is 0.497 e. The van der Waals surface area contributed by atoms with Crippen LogP contribution in [0.5, 0.6) is 5.75 Å². The highest BCUT2D eigenvalue weighted by Crippen LogP contribution is 2.29. The molecule has 3 aromatic rings. The minimum atomic E-state index is 0.00480. The number of halogens is 1. The molecule has 4 nitrogen and oxygen atoms in total. The predicted octanol–water partition coefficient (Wildman–Crippen LogP) is 4.82. The summed E-state index contributed by atoms with van der Waals surface area (Å²) < 4.78 is 7.98. The molecule has 0 bridgehead atoms. The quantitative estimate of drug-likeness (QED) is 0.605. The SMILES string of the molecule is COc1ccc(-n2nc(-c3ccc(Br)cc3)c(C(C)=O)c2C)cc1. The number of hydrogen-bond donors (Lipinski definition) is 0. The molecule has 0 radical (unpaired) electrons. The summed E-state index contributed by atoms with van der Waals surface area (Å²) in [4.78, 5) is 12.2. The standard InChI is InChI=1S/C19H17BrN2O2/c1-12-18(13(2)23)19(14-4-6-15(20)7-5-14)21-22(12)16-8-10-17(24-3)11-9-16/h4-11H,1-3H3. The number of hydrogen-bond acceptors (Lipinski definition) is 3. The summed E-state index contributed by atoms with van der Waals surface area (Å²) in [6.07, 6.45) is 0. The van der Waals surface area contributed by atoms with Gasteiger partial charge in [0.1, 0.15) is 11.4 Å². The molecule has 0 unspecified atom stereocenters. The minimum absolute atomic E-state index is 0.00480. The van der Waals surface area contributed by atoms with E-state index in [1.165, 1.54) is 0 Å². The smallest absolute Gasteiger partial charge is 0.163 e. The molecule has 0 fully saturated rings. The van der Waals surface area contributed by atoms with Crippen molar-refractivity contribution in [3.63, 3.8) is 0 Å². The van der Waals surface area contributed by atoms with Crippen LogP contribution < -0.4 is 4.74 Å². The molecule has 122 valence electrons. The molecule has 0 saturated heterocycles. The molecule has 0 aliphatic rings. The molecule has 3 rings (SSSR count). The van der Waals surface area contributed by atoms with Gasteiger partial charge in [-0.05, 0) is 50.2 Å². The summed E-state index contributed by atoms with van der Waals surface area (Å²) in [6, 6.07) is 15.4. The zero-order valence-electron chi connectivity index (χ0n) is 13.7. The van der Waals surface area contributed by atoms with Crippen molar-refractivity contribution in [2.45, 2.75) is 13.8 Å². The summed E-state index contributed by atoms with van der Waals surface area (Å²) in [5.41, 5.74) is 3.97. The monoisotopic (exact) mass is 384 g/mol. The topological polar surface area (TPSA) is 44.1 Å². The van der Waals surface area contributed by atoms with Gasteiger partial charge >= 0.3 is 0 Å². The Morgan fingerprint density at radius 2 is 1.71 bits per heavy atom. The average Bonchev–Trinajstić information content (AvgIpc) is 2.93. The van der Waals surface area contributed by atoms with Crippen molar-refractivity contribution in [3.8, 4) is 22.7 Å². The highest BCUT2D eigenvalue weighted by atomic mass is 79.9. The lowest BCUT2D eigenvalue weighted by molar-refractivity contribution is 0.101. The van der Waals surface area contributed by atoms with Gasteiger partial charge in [0.2, 0.25) is 0 Å². The number of benzene rings is 2. The number of carbonyl (C=O) groups excluding carboxylic acids is 1. The van der Waals surface area contributed by atoms with Gasteiger partial charge < -0.3 is 4.74 Å². The number of Topliss-reactive ketones (excluding diaryl/α,β-unsaturated/α-hetero) is 1. The summed E-state index contributed by atoms with van der Waals surface area (Å²) in [6.45, 7) is 3.49. The van der Waals surface area contributed by atoms with Crippen molar-refractivity contribution >= 4 is 21.7 Å². The number of nitrogens with zero attached hydrogens (tertiary/aromatic N) is 2.